The Morgan fingerprint density at radius 3 is 2.58 bits per heavy atom. The lowest BCUT2D eigenvalue weighted by Crippen LogP contribution is -2.25. The number of carbonyl (C=O) groups is 1. The molecule has 5 nitrogen and oxygen atoms in total. The highest BCUT2D eigenvalue weighted by molar-refractivity contribution is 5.89. The minimum atomic E-state index is -0.273. The Labute approximate surface area is 142 Å². The van der Waals surface area contributed by atoms with E-state index in [1.54, 1.807) is 4.90 Å². The predicted octanol–water partition coefficient (Wildman–Crippen LogP) is 4.26. The van der Waals surface area contributed by atoms with E-state index in [1.807, 2.05) is 32.0 Å². The molecule has 1 N–H and O–H groups in total. The van der Waals surface area contributed by atoms with Gasteiger partial charge in [0.1, 0.15) is 18.1 Å². The minimum absolute atomic E-state index is 0.146. The molecule has 1 aliphatic rings. The van der Waals surface area contributed by atoms with Gasteiger partial charge in [-0.3, -0.25) is 4.90 Å². The number of hydrogen-bond acceptors (Lipinski definition) is 4. The Kier molecular flexibility index (Phi) is 4.62. The Balaban J connectivity index is 1.74. The molecule has 1 aromatic heterocycles. The number of amides is 1. The third kappa shape index (κ3) is 3.31. The van der Waals surface area contributed by atoms with Crippen LogP contribution >= 0.6 is 0 Å². The fourth-order valence-corrected chi connectivity index (χ4v) is 3.23. The number of anilines is 1. The monoisotopic (exact) mass is 328 g/mol. The first-order valence-electron chi connectivity index (χ1n) is 8.33. The predicted molar refractivity (Wildman–Crippen MR) is 93.3 cm³/mol. The van der Waals surface area contributed by atoms with Gasteiger partial charge in [-0.05, 0) is 51.5 Å². The number of nitrogens with zero attached hydrogens (tertiary/aromatic N) is 1. The highest BCUT2D eigenvalue weighted by atomic mass is 16.6. The van der Waals surface area contributed by atoms with E-state index in [-0.39, 0.29) is 18.2 Å². The lowest BCUT2D eigenvalue weighted by Gasteiger charge is -2.22. The van der Waals surface area contributed by atoms with Crippen molar-refractivity contribution in [3.63, 3.8) is 0 Å². The summed E-state index contributed by atoms with van der Waals surface area (Å²) in [6.45, 7) is 9.27. The van der Waals surface area contributed by atoms with E-state index in [4.69, 9.17) is 9.15 Å². The zero-order valence-corrected chi connectivity index (χ0v) is 14.6. The van der Waals surface area contributed by atoms with Crippen LogP contribution < -0.4 is 10.2 Å². The molecule has 1 amide bonds. The van der Waals surface area contributed by atoms with Crippen LogP contribution in [0.3, 0.4) is 0 Å². The quantitative estimate of drug-likeness (QED) is 0.891. The molecule has 0 unspecified atom stereocenters. The van der Waals surface area contributed by atoms with Crippen molar-refractivity contribution >= 4 is 11.8 Å². The Bertz CT molecular complexity index is 738. The molecule has 2 atom stereocenters. The van der Waals surface area contributed by atoms with Crippen LogP contribution in [0, 0.1) is 13.8 Å². The van der Waals surface area contributed by atoms with Crippen molar-refractivity contribution in [2.45, 2.75) is 39.8 Å². The maximum absolute atomic E-state index is 11.7. The summed E-state index contributed by atoms with van der Waals surface area (Å²) in [5, 5.41) is 3.60. The van der Waals surface area contributed by atoms with Gasteiger partial charge in [0.15, 0.2) is 0 Å². The molecule has 3 rings (SSSR count). The number of ether oxygens (including phenoxy) is 1. The van der Waals surface area contributed by atoms with Crippen molar-refractivity contribution in [2.75, 3.05) is 18.1 Å². The molecule has 2 heterocycles. The SMILES string of the molecule is Cc1cc([C@@H](C)N[C@H](C)c2cccc(N3CCOC3=O)c2)c(C)o1. The van der Waals surface area contributed by atoms with Crippen molar-refractivity contribution in [3.8, 4) is 0 Å². The van der Waals surface area contributed by atoms with E-state index in [0.29, 0.717) is 13.2 Å². The smallest absolute Gasteiger partial charge is 0.414 e. The van der Waals surface area contributed by atoms with Crippen molar-refractivity contribution in [3.05, 3.63) is 53.0 Å². The average molecular weight is 328 g/mol. The van der Waals surface area contributed by atoms with Crippen molar-refractivity contribution in [1.29, 1.82) is 0 Å². The van der Waals surface area contributed by atoms with Crippen LogP contribution in [0.2, 0.25) is 0 Å². The summed E-state index contributed by atoms with van der Waals surface area (Å²) < 4.78 is 10.6. The second-order valence-electron chi connectivity index (χ2n) is 6.34. The van der Waals surface area contributed by atoms with Gasteiger partial charge in [-0.25, -0.2) is 4.79 Å². The van der Waals surface area contributed by atoms with Crippen LogP contribution in [0.1, 0.15) is 48.6 Å². The lowest BCUT2D eigenvalue weighted by atomic mass is 10.0. The molecule has 2 aromatic rings. The normalized spacial score (nSPS) is 17.0. The second kappa shape index (κ2) is 6.69. The first kappa shape index (κ1) is 16.6. The molecule has 0 aliphatic carbocycles. The summed E-state index contributed by atoms with van der Waals surface area (Å²) in [5.41, 5.74) is 3.20. The van der Waals surface area contributed by atoms with Gasteiger partial charge in [-0.2, -0.15) is 0 Å². The molecule has 1 saturated heterocycles. The van der Waals surface area contributed by atoms with Gasteiger partial charge < -0.3 is 14.5 Å². The fourth-order valence-electron chi connectivity index (χ4n) is 3.23. The summed E-state index contributed by atoms with van der Waals surface area (Å²) in [7, 11) is 0. The molecule has 1 aliphatic heterocycles. The Morgan fingerprint density at radius 1 is 1.17 bits per heavy atom. The molecule has 1 aromatic carbocycles. The molecule has 1 fully saturated rings. The number of benzene rings is 1. The molecular formula is C19H24N2O3. The van der Waals surface area contributed by atoms with Crippen LogP contribution in [0.4, 0.5) is 10.5 Å². The highest BCUT2D eigenvalue weighted by Gasteiger charge is 2.24. The molecule has 0 radical (unpaired) electrons. The van der Waals surface area contributed by atoms with Gasteiger partial charge in [0, 0.05) is 23.3 Å². The Morgan fingerprint density at radius 2 is 1.96 bits per heavy atom. The summed E-state index contributed by atoms with van der Waals surface area (Å²) in [5.74, 6) is 1.88. The van der Waals surface area contributed by atoms with E-state index in [2.05, 4.69) is 31.3 Å². The van der Waals surface area contributed by atoms with Crippen LogP contribution in [-0.4, -0.2) is 19.2 Å². The highest BCUT2D eigenvalue weighted by Crippen LogP contribution is 2.27. The molecular weight excluding hydrogens is 304 g/mol. The lowest BCUT2D eigenvalue weighted by molar-refractivity contribution is 0.181. The molecule has 0 spiro atoms. The summed E-state index contributed by atoms with van der Waals surface area (Å²) in [4.78, 5) is 13.4. The van der Waals surface area contributed by atoms with E-state index >= 15 is 0 Å². The van der Waals surface area contributed by atoms with Crippen molar-refractivity contribution in [1.82, 2.24) is 5.32 Å². The number of aryl methyl sites for hydroxylation is 2. The maximum atomic E-state index is 11.7. The molecule has 128 valence electrons. The number of rotatable bonds is 5. The average Bonchev–Trinajstić information content (AvgIpc) is 3.12. The maximum Gasteiger partial charge on any atom is 0.414 e. The summed E-state index contributed by atoms with van der Waals surface area (Å²) in [6.07, 6.45) is -0.273. The van der Waals surface area contributed by atoms with E-state index in [1.165, 1.54) is 5.56 Å². The second-order valence-corrected chi connectivity index (χ2v) is 6.34. The topological polar surface area (TPSA) is 54.7 Å². The number of cyclic esters (lactones) is 1. The van der Waals surface area contributed by atoms with Gasteiger partial charge in [0.2, 0.25) is 0 Å². The van der Waals surface area contributed by atoms with E-state index in [9.17, 15) is 4.79 Å². The van der Waals surface area contributed by atoms with Crippen LogP contribution in [0.15, 0.2) is 34.7 Å². The van der Waals surface area contributed by atoms with Crippen molar-refractivity contribution in [2.24, 2.45) is 0 Å². The molecule has 24 heavy (non-hydrogen) atoms. The largest absolute Gasteiger partial charge is 0.466 e. The van der Waals surface area contributed by atoms with Gasteiger partial charge in [0.25, 0.3) is 0 Å². The standard InChI is InChI=1S/C19H24N2O3/c1-12-10-18(15(4)24-12)14(3)20-13(2)16-6-5-7-17(11-16)21-8-9-23-19(21)22/h5-7,10-11,13-14,20H,8-9H2,1-4H3/t13-,14-/m1/s1. The minimum Gasteiger partial charge on any atom is -0.466 e. The van der Waals surface area contributed by atoms with Crippen LogP contribution in [0.25, 0.3) is 0 Å². The summed E-state index contributed by atoms with van der Waals surface area (Å²) >= 11 is 0. The number of nitrogens with one attached hydrogen (secondary N) is 1. The number of carbonyl (C=O) groups excluding carboxylic acids is 1. The Hall–Kier alpha value is -2.27. The van der Waals surface area contributed by atoms with Gasteiger partial charge in [-0.15, -0.1) is 0 Å². The van der Waals surface area contributed by atoms with Crippen molar-refractivity contribution < 1.29 is 13.9 Å². The zero-order valence-electron chi connectivity index (χ0n) is 14.6. The van der Waals surface area contributed by atoms with Gasteiger partial charge in [0.05, 0.1) is 6.54 Å². The molecule has 0 saturated carbocycles. The number of hydrogen-bond donors (Lipinski definition) is 1. The van der Waals surface area contributed by atoms with Gasteiger partial charge in [-0.1, -0.05) is 12.1 Å². The zero-order chi connectivity index (χ0) is 17.3. The van der Waals surface area contributed by atoms with Gasteiger partial charge >= 0.3 is 6.09 Å². The molecule has 0 bridgehead atoms. The molecule has 5 heteroatoms. The van der Waals surface area contributed by atoms with Crippen LogP contribution in [-0.2, 0) is 4.74 Å². The first-order chi connectivity index (χ1) is 11.5. The van der Waals surface area contributed by atoms with Crippen LogP contribution in [0.5, 0.6) is 0 Å². The third-order valence-electron chi connectivity index (χ3n) is 4.49. The number of furan rings is 1. The fraction of sp³-hybridized carbons (Fsp3) is 0.421. The van der Waals surface area contributed by atoms with E-state index in [0.717, 1.165) is 22.8 Å². The summed E-state index contributed by atoms with van der Waals surface area (Å²) in [6, 6.07) is 10.4. The first-order valence-corrected chi connectivity index (χ1v) is 8.33. The third-order valence-corrected chi connectivity index (χ3v) is 4.49. The van der Waals surface area contributed by atoms with E-state index < -0.39 is 0 Å².